The quantitative estimate of drug-likeness (QED) is 0.819. The second-order valence-electron chi connectivity index (χ2n) is 7.76. The number of rotatable bonds is 2. The molecule has 3 aliphatic rings. The second kappa shape index (κ2) is 7.19. The Labute approximate surface area is 174 Å². The first-order valence-electron chi connectivity index (χ1n) is 10.4. The van der Waals surface area contributed by atoms with Crippen LogP contribution in [0.5, 0.6) is 11.5 Å². The smallest absolute Gasteiger partial charge is 0.256 e. The van der Waals surface area contributed by atoms with E-state index in [4.69, 9.17) is 9.47 Å². The van der Waals surface area contributed by atoms with Gasteiger partial charge in [-0.2, -0.15) is 0 Å². The number of likely N-dealkylation sites (tertiary alicyclic amines) is 1. The van der Waals surface area contributed by atoms with Crippen molar-refractivity contribution in [1.29, 1.82) is 0 Å². The number of amides is 2. The fourth-order valence-corrected chi connectivity index (χ4v) is 4.62. The number of pyridine rings is 1. The number of carbonyl (C=O) groups is 2. The molecule has 3 aliphatic heterocycles. The van der Waals surface area contributed by atoms with Crippen LogP contribution in [-0.4, -0.2) is 60.2 Å². The van der Waals surface area contributed by atoms with Crippen LogP contribution in [0.15, 0.2) is 36.5 Å². The number of anilines is 1. The molecular formula is C22H24N4O4. The molecule has 156 valence electrons. The van der Waals surface area contributed by atoms with E-state index in [9.17, 15) is 9.59 Å². The lowest BCUT2D eigenvalue weighted by atomic mass is 9.90. The molecule has 5 rings (SSSR count). The van der Waals surface area contributed by atoms with Gasteiger partial charge in [-0.15, -0.1) is 0 Å². The number of carbonyl (C=O) groups excluding carboxylic acids is 2. The topological polar surface area (TPSA) is 84.0 Å². The maximum atomic E-state index is 13.1. The number of nitrogens with one attached hydrogen (secondary N) is 1. The summed E-state index contributed by atoms with van der Waals surface area (Å²) in [4.78, 5) is 34.3. The minimum atomic E-state index is -0.517. The van der Waals surface area contributed by atoms with Crippen molar-refractivity contribution in [3.8, 4) is 11.5 Å². The molecule has 0 radical (unpaired) electrons. The minimum Gasteiger partial charge on any atom is -0.486 e. The molecule has 1 fully saturated rings. The first kappa shape index (κ1) is 18.7. The molecule has 30 heavy (non-hydrogen) atoms. The lowest BCUT2D eigenvalue weighted by molar-refractivity contribution is 0.0601. The third-order valence-corrected chi connectivity index (χ3v) is 6.13. The highest BCUT2D eigenvalue weighted by Gasteiger charge is 2.46. The summed E-state index contributed by atoms with van der Waals surface area (Å²) in [7, 11) is 0. The van der Waals surface area contributed by atoms with E-state index in [2.05, 4.69) is 22.1 Å². The van der Waals surface area contributed by atoms with Gasteiger partial charge in [-0.1, -0.05) is 0 Å². The molecule has 4 heterocycles. The van der Waals surface area contributed by atoms with Gasteiger partial charge in [0.25, 0.3) is 11.8 Å². The Balaban J connectivity index is 1.35. The summed E-state index contributed by atoms with van der Waals surface area (Å²) in [6, 6.07) is 8.89. The molecule has 2 amide bonds. The van der Waals surface area contributed by atoms with Gasteiger partial charge < -0.3 is 24.6 Å². The normalized spacial score (nSPS) is 19.3. The third kappa shape index (κ3) is 2.94. The van der Waals surface area contributed by atoms with Crippen molar-refractivity contribution in [2.45, 2.75) is 25.4 Å². The average Bonchev–Trinajstić information content (AvgIpc) is 2.79. The van der Waals surface area contributed by atoms with E-state index in [1.165, 1.54) is 0 Å². The zero-order valence-electron chi connectivity index (χ0n) is 16.9. The van der Waals surface area contributed by atoms with E-state index in [0.29, 0.717) is 61.8 Å². The maximum absolute atomic E-state index is 13.1. The first-order valence-corrected chi connectivity index (χ1v) is 10.4. The standard InChI is InChI=1S/C22H24N4O4/c1-2-26-19-16(4-3-9-23-19)20(27)24-22(26)7-10-25(11-8-22)21(28)15-5-6-17-18(14-15)30-13-12-29-17/h3-6,9,14H,2,7-8,10-13H2,1H3,(H,24,27). The van der Waals surface area contributed by atoms with Crippen molar-refractivity contribution in [3.05, 3.63) is 47.7 Å². The Kier molecular flexibility index (Phi) is 4.49. The van der Waals surface area contributed by atoms with E-state index in [1.54, 1.807) is 36.5 Å². The lowest BCUT2D eigenvalue weighted by Gasteiger charge is -2.51. The van der Waals surface area contributed by atoms with Crippen molar-refractivity contribution in [2.75, 3.05) is 37.7 Å². The molecule has 0 unspecified atom stereocenters. The molecule has 8 nitrogen and oxygen atoms in total. The monoisotopic (exact) mass is 408 g/mol. The summed E-state index contributed by atoms with van der Waals surface area (Å²) >= 11 is 0. The molecule has 1 aromatic heterocycles. The fraction of sp³-hybridized carbons (Fsp3) is 0.409. The van der Waals surface area contributed by atoms with Gasteiger partial charge >= 0.3 is 0 Å². The van der Waals surface area contributed by atoms with Crippen LogP contribution in [0.25, 0.3) is 0 Å². The number of benzene rings is 1. The van der Waals surface area contributed by atoms with E-state index in [0.717, 1.165) is 12.4 Å². The van der Waals surface area contributed by atoms with E-state index in [1.807, 2.05) is 4.90 Å². The highest BCUT2D eigenvalue weighted by atomic mass is 16.6. The number of fused-ring (bicyclic) bond motifs is 2. The number of hydrogen-bond donors (Lipinski definition) is 1. The summed E-state index contributed by atoms with van der Waals surface area (Å²) in [6.45, 7) is 4.88. The Morgan fingerprint density at radius 2 is 1.93 bits per heavy atom. The van der Waals surface area contributed by atoms with Crippen LogP contribution in [0.4, 0.5) is 5.82 Å². The molecule has 2 aromatic rings. The highest BCUT2D eigenvalue weighted by molar-refractivity contribution is 6.01. The predicted molar refractivity (Wildman–Crippen MR) is 110 cm³/mol. The molecule has 0 aliphatic carbocycles. The number of aromatic nitrogens is 1. The molecule has 0 saturated carbocycles. The van der Waals surface area contributed by atoms with Crippen molar-refractivity contribution in [2.24, 2.45) is 0 Å². The van der Waals surface area contributed by atoms with Crippen LogP contribution in [0, 0.1) is 0 Å². The maximum Gasteiger partial charge on any atom is 0.256 e. The van der Waals surface area contributed by atoms with Gasteiger partial charge in [-0.05, 0) is 37.3 Å². The van der Waals surface area contributed by atoms with Crippen molar-refractivity contribution in [1.82, 2.24) is 15.2 Å². The van der Waals surface area contributed by atoms with Gasteiger partial charge in [0.1, 0.15) is 24.7 Å². The van der Waals surface area contributed by atoms with Crippen LogP contribution in [-0.2, 0) is 0 Å². The zero-order valence-corrected chi connectivity index (χ0v) is 16.9. The lowest BCUT2D eigenvalue weighted by Crippen LogP contribution is -2.68. The van der Waals surface area contributed by atoms with E-state index < -0.39 is 5.66 Å². The fourth-order valence-electron chi connectivity index (χ4n) is 4.62. The largest absolute Gasteiger partial charge is 0.486 e. The van der Waals surface area contributed by atoms with Gasteiger partial charge in [0.05, 0.1) is 5.56 Å². The average molecular weight is 408 g/mol. The van der Waals surface area contributed by atoms with Gasteiger partial charge in [-0.25, -0.2) is 4.98 Å². The molecule has 0 bridgehead atoms. The van der Waals surface area contributed by atoms with E-state index >= 15 is 0 Å². The molecule has 1 spiro atoms. The van der Waals surface area contributed by atoms with Crippen molar-refractivity contribution in [3.63, 3.8) is 0 Å². The SMILES string of the molecule is CCN1c2ncccc2C(=O)NC12CCN(C(=O)c1ccc3c(c1)OCCO3)CC2. The Morgan fingerprint density at radius 1 is 1.17 bits per heavy atom. The molecule has 1 N–H and O–H groups in total. The number of piperidine rings is 1. The van der Waals surface area contributed by atoms with Crippen LogP contribution in [0.1, 0.15) is 40.5 Å². The van der Waals surface area contributed by atoms with Crippen molar-refractivity contribution < 1.29 is 19.1 Å². The van der Waals surface area contributed by atoms with Gasteiger partial charge in [0.15, 0.2) is 11.5 Å². The summed E-state index contributed by atoms with van der Waals surface area (Å²) in [5.41, 5.74) is 0.665. The summed E-state index contributed by atoms with van der Waals surface area (Å²) < 4.78 is 11.1. The number of nitrogens with zero attached hydrogens (tertiary/aromatic N) is 3. The van der Waals surface area contributed by atoms with Crippen molar-refractivity contribution >= 4 is 17.6 Å². The highest BCUT2D eigenvalue weighted by Crippen LogP contribution is 2.36. The Morgan fingerprint density at radius 3 is 2.70 bits per heavy atom. The number of ether oxygens (including phenoxy) is 2. The summed E-state index contributed by atoms with van der Waals surface area (Å²) in [5.74, 6) is 1.86. The zero-order chi connectivity index (χ0) is 20.7. The second-order valence-corrected chi connectivity index (χ2v) is 7.76. The summed E-state index contributed by atoms with van der Waals surface area (Å²) in [5, 5.41) is 3.20. The molecular weight excluding hydrogens is 384 g/mol. The van der Waals surface area contributed by atoms with Gasteiger partial charge in [0.2, 0.25) is 0 Å². The van der Waals surface area contributed by atoms with Crippen LogP contribution >= 0.6 is 0 Å². The van der Waals surface area contributed by atoms with Crippen LogP contribution < -0.4 is 19.7 Å². The molecule has 0 atom stereocenters. The van der Waals surface area contributed by atoms with Gasteiger partial charge in [-0.3, -0.25) is 9.59 Å². The summed E-state index contributed by atoms with van der Waals surface area (Å²) in [6.07, 6.45) is 2.99. The van der Waals surface area contributed by atoms with E-state index in [-0.39, 0.29) is 11.8 Å². The Bertz CT molecular complexity index is 1000. The minimum absolute atomic E-state index is 0.0365. The predicted octanol–water partition coefficient (Wildman–Crippen LogP) is 2.05. The molecule has 1 aromatic carbocycles. The molecule has 8 heteroatoms. The third-order valence-electron chi connectivity index (χ3n) is 6.13. The van der Waals surface area contributed by atoms with Gasteiger partial charge in [0, 0.05) is 44.2 Å². The van der Waals surface area contributed by atoms with Crippen LogP contribution in [0.2, 0.25) is 0 Å². The Hall–Kier alpha value is -3.29. The first-order chi connectivity index (χ1) is 14.6. The molecule has 1 saturated heterocycles. The number of hydrogen-bond acceptors (Lipinski definition) is 6. The van der Waals surface area contributed by atoms with Crippen LogP contribution in [0.3, 0.4) is 0 Å².